The van der Waals surface area contributed by atoms with Gasteiger partial charge in [-0.3, -0.25) is 10.1 Å². The summed E-state index contributed by atoms with van der Waals surface area (Å²) in [6.07, 6.45) is 1.58. The van der Waals surface area contributed by atoms with Crippen molar-refractivity contribution in [2.75, 3.05) is 10.6 Å². The van der Waals surface area contributed by atoms with Gasteiger partial charge in [0.25, 0.3) is 0 Å². The van der Waals surface area contributed by atoms with E-state index in [1.165, 1.54) is 6.92 Å². The number of carbonyl (C=O) groups is 1. The summed E-state index contributed by atoms with van der Waals surface area (Å²) in [7, 11) is 0. The highest BCUT2D eigenvalue weighted by Crippen LogP contribution is 2.21. The normalized spacial score (nSPS) is 10.5. The summed E-state index contributed by atoms with van der Waals surface area (Å²) in [6, 6.07) is 12.3. The van der Waals surface area contributed by atoms with Gasteiger partial charge < -0.3 is 5.32 Å². The quantitative estimate of drug-likeness (QED) is 0.463. The van der Waals surface area contributed by atoms with E-state index in [1.807, 2.05) is 6.07 Å². The van der Waals surface area contributed by atoms with Gasteiger partial charge in [-0.15, -0.1) is 5.10 Å². The Balaban J connectivity index is 1.59. The lowest BCUT2D eigenvalue weighted by Gasteiger charge is -2.08. The minimum Gasteiger partial charge on any atom is -0.332 e. The van der Waals surface area contributed by atoms with Crippen LogP contribution in [0.3, 0.4) is 0 Å². The summed E-state index contributed by atoms with van der Waals surface area (Å²) in [5.41, 5.74) is 2.27. The second kappa shape index (κ2) is 8.47. The van der Waals surface area contributed by atoms with Gasteiger partial charge in [0.05, 0.1) is 6.54 Å². The molecule has 0 atom stereocenters. The van der Waals surface area contributed by atoms with Crippen LogP contribution in [0.1, 0.15) is 22.8 Å². The van der Waals surface area contributed by atoms with E-state index in [1.54, 1.807) is 47.4 Å². The third kappa shape index (κ3) is 5.26. The van der Waals surface area contributed by atoms with Crippen molar-refractivity contribution in [1.82, 2.24) is 14.8 Å². The molecular weight excluding hydrogens is 405 g/mol. The molecule has 0 aliphatic rings. The molecule has 138 valence electrons. The fraction of sp³-hybridized carbons (Fsp3) is 0.111. The zero-order chi connectivity index (χ0) is 19.4. The SMILES string of the molecule is CC(=O)c1ccc(NC(=S)Nc2ncn(Cc3ccc(Cl)cc3Cl)n2)cc1. The van der Waals surface area contributed by atoms with Crippen molar-refractivity contribution in [3.05, 3.63) is 70.0 Å². The second-order valence-corrected chi connectivity index (χ2v) is 6.97. The zero-order valence-electron chi connectivity index (χ0n) is 14.2. The van der Waals surface area contributed by atoms with Crippen molar-refractivity contribution in [2.45, 2.75) is 13.5 Å². The van der Waals surface area contributed by atoms with E-state index in [9.17, 15) is 4.79 Å². The predicted octanol–water partition coefficient (Wildman–Crippen LogP) is 4.64. The first kappa shape index (κ1) is 19.3. The average molecular weight is 420 g/mol. The number of thiocarbonyl (C=S) groups is 1. The summed E-state index contributed by atoms with van der Waals surface area (Å²) >= 11 is 17.3. The third-order valence-electron chi connectivity index (χ3n) is 3.66. The number of Topliss-reactive ketones (excluding diaryl/α,β-unsaturated/α-hetero) is 1. The maximum absolute atomic E-state index is 11.3. The molecule has 0 aliphatic heterocycles. The number of aromatic nitrogens is 3. The molecule has 0 saturated carbocycles. The Morgan fingerprint density at radius 3 is 2.56 bits per heavy atom. The van der Waals surface area contributed by atoms with Crippen LogP contribution in [-0.4, -0.2) is 25.7 Å². The largest absolute Gasteiger partial charge is 0.332 e. The molecule has 0 bridgehead atoms. The summed E-state index contributed by atoms with van der Waals surface area (Å²) in [5.74, 6) is 0.371. The predicted molar refractivity (Wildman–Crippen MR) is 112 cm³/mol. The first-order valence-corrected chi connectivity index (χ1v) is 9.09. The number of benzene rings is 2. The molecule has 2 aromatic carbocycles. The minimum atomic E-state index is 0.0118. The molecule has 3 rings (SSSR count). The smallest absolute Gasteiger partial charge is 0.248 e. The highest BCUT2D eigenvalue weighted by Gasteiger charge is 2.07. The molecule has 0 amide bonds. The summed E-state index contributed by atoms with van der Waals surface area (Å²) in [5, 5.41) is 11.7. The van der Waals surface area contributed by atoms with Crippen LogP contribution >= 0.6 is 35.4 Å². The molecule has 9 heteroatoms. The summed E-state index contributed by atoms with van der Waals surface area (Å²) in [4.78, 5) is 15.5. The van der Waals surface area contributed by atoms with Gasteiger partial charge in [0, 0.05) is 21.3 Å². The van der Waals surface area contributed by atoms with Crippen molar-refractivity contribution in [1.29, 1.82) is 0 Å². The Bertz CT molecular complexity index is 988. The Labute approximate surface area is 171 Å². The standard InChI is InChI=1S/C18H15Cl2N5OS/c1-11(26)12-3-6-15(7-4-12)22-18(27)23-17-21-10-25(24-17)9-13-2-5-14(19)8-16(13)20/h2-8,10H,9H2,1H3,(H2,22,23,24,27). The van der Waals surface area contributed by atoms with Gasteiger partial charge in [-0.25, -0.2) is 9.67 Å². The number of ketones is 1. The van der Waals surface area contributed by atoms with Gasteiger partial charge >= 0.3 is 0 Å². The zero-order valence-corrected chi connectivity index (χ0v) is 16.6. The van der Waals surface area contributed by atoms with Crippen molar-refractivity contribution < 1.29 is 4.79 Å². The van der Waals surface area contributed by atoms with E-state index in [2.05, 4.69) is 20.7 Å². The highest BCUT2D eigenvalue weighted by molar-refractivity contribution is 7.80. The maximum Gasteiger partial charge on any atom is 0.248 e. The molecule has 0 aliphatic carbocycles. The molecule has 0 unspecified atom stereocenters. The molecular formula is C18H15Cl2N5OS. The van der Waals surface area contributed by atoms with Crippen LogP contribution in [0.25, 0.3) is 0 Å². The van der Waals surface area contributed by atoms with Crippen LogP contribution in [-0.2, 0) is 6.54 Å². The Morgan fingerprint density at radius 1 is 1.15 bits per heavy atom. The molecule has 6 nitrogen and oxygen atoms in total. The van der Waals surface area contributed by atoms with E-state index in [0.717, 1.165) is 11.3 Å². The van der Waals surface area contributed by atoms with Crippen molar-refractivity contribution in [3.63, 3.8) is 0 Å². The van der Waals surface area contributed by atoms with Crippen LogP contribution in [0.15, 0.2) is 48.8 Å². The molecule has 3 aromatic rings. The number of halogens is 2. The Kier molecular flexibility index (Phi) is 6.05. The van der Waals surface area contributed by atoms with Crippen LogP contribution in [0.5, 0.6) is 0 Å². The second-order valence-electron chi connectivity index (χ2n) is 5.71. The number of anilines is 2. The van der Waals surface area contributed by atoms with E-state index in [-0.39, 0.29) is 5.78 Å². The van der Waals surface area contributed by atoms with Gasteiger partial charge in [0.1, 0.15) is 6.33 Å². The maximum atomic E-state index is 11.3. The van der Waals surface area contributed by atoms with E-state index < -0.39 is 0 Å². The first-order chi connectivity index (χ1) is 12.9. The highest BCUT2D eigenvalue weighted by atomic mass is 35.5. The molecule has 0 saturated heterocycles. The lowest BCUT2D eigenvalue weighted by atomic mass is 10.1. The average Bonchev–Trinajstić information content (AvgIpc) is 3.04. The Hall–Kier alpha value is -2.48. The van der Waals surface area contributed by atoms with E-state index >= 15 is 0 Å². The molecule has 1 heterocycles. The molecule has 0 spiro atoms. The fourth-order valence-corrected chi connectivity index (χ4v) is 2.98. The van der Waals surface area contributed by atoms with Crippen molar-refractivity contribution in [2.24, 2.45) is 0 Å². The lowest BCUT2D eigenvalue weighted by Crippen LogP contribution is -2.20. The van der Waals surface area contributed by atoms with Crippen molar-refractivity contribution >= 4 is 58.0 Å². The third-order valence-corrected chi connectivity index (χ3v) is 4.45. The van der Waals surface area contributed by atoms with Gasteiger partial charge in [-0.2, -0.15) is 0 Å². The van der Waals surface area contributed by atoms with Gasteiger partial charge in [-0.1, -0.05) is 29.3 Å². The molecule has 0 fully saturated rings. The number of rotatable bonds is 5. The number of nitrogens with one attached hydrogen (secondary N) is 2. The summed E-state index contributed by atoms with van der Waals surface area (Å²) in [6.45, 7) is 1.98. The van der Waals surface area contributed by atoms with Gasteiger partial charge in [-0.05, 0) is 61.1 Å². The molecule has 0 radical (unpaired) electrons. The van der Waals surface area contributed by atoms with Crippen LogP contribution < -0.4 is 10.6 Å². The number of carbonyl (C=O) groups excluding carboxylic acids is 1. The summed E-state index contributed by atoms with van der Waals surface area (Å²) < 4.78 is 1.64. The monoisotopic (exact) mass is 419 g/mol. The van der Waals surface area contributed by atoms with Crippen LogP contribution in [0.2, 0.25) is 10.0 Å². The molecule has 1 aromatic heterocycles. The van der Waals surface area contributed by atoms with Crippen LogP contribution in [0, 0.1) is 0 Å². The lowest BCUT2D eigenvalue weighted by molar-refractivity contribution is 0.101. The van der Waals surface area contributed by atoms with Crippen molar-refractivity contribution in [3.8, 4) is 0 Å². The van der Waals surface area contributed by atoms with E-state index in [4.69, 9.17) is 35.4 Å². The molecule has 2 N–H and O–H groups in total. The topological polar surface area (TPSA) is 71.8 Å². The fourth-order valence-electron chi connectivity index (χ4n) is 2.30. The first-order valence-electron chi connectivity index (χ1n) is 7.93. The van der Waals surface area contributed by atoms with Gasteiger partial charge in [0.15, 0.2) is 10.9 Å². The number of hydrogen-bond acceptors (Lipinski definition) is 4. The number of nitrogens with zero attached hydrogens (tertiary/aromatic N) is 3. The molecule has 27 heavy (non-hydrogen) atoms. The minimum absolute atomic E-state index is 0.0118. The number of hydrogen-bond donors (Lipinski definition) is 2. The van der Waals surface area contributed by atoms with Gasteiger partial charge in [0.2, 0.25) is 5.95 Å². The van der Waals surface area contributed by atoms with E-state index in [0.29, 0.717) is 33.2 Å². The van der Waals surface area contributed by atoms with Crippen LogP contribution in [0.4, 0.5) is 11.6 Å². The Morgan fingerprint density at radius 2 is 1.89 bits per heavy atom.